The minimum absolute atomic E-state index is 0.287. The second-order valence-electron chi connectivity index (χ2n) is 9.99. The van der Waals surface area contributed by atoms with Crippen molar-refractivity contribution < 1.29 is 30.5 Å². The molecular weight excluding hydrogens is 650 g/mol. The van der Waals surface area contributed by atoms with Gasteiger partial charge in [0.1, 0.15) is 4.70 Å². The molecule has 43 heavy (non-hydrogen) atoms. The van der Waals surface area contributed by atoms with E-state index in [0.717, 1.165) is 30.8 Å². The molecule has 0 bridgehead atoms. The largest absolute Gasteiger partial charge is 0.748 e. The molecule has 238 valence electrons. The Kier molecular flexibility index (Phi) is 13.8. The number of anilines is 1. The average Bonchev–Trinajstić information content (AvgIpc) is 3.46. The maximum Gasteiger partial charge on any atom is 0.265 e. The average molecular weight is 690 g/mol. The lowest BCUT2D eigenvalue weighted by molar-refractivity contribution is -0.669. The fraction of sp³-hybridized carbons (Fsp3) is 0.483. The Morgan fingerprint density at radius 1 is 0.977 bits per heavy atom. The van der Waals surface area contributed by atoms with Gasteiger partial charge in [0.25, 0.3) is 15.1 Å². The number of benzene rings is 2. The van der Waals surface area contributed by atoms with Gasteiger partial charge in [-0.05, 0) is 63.2 Å². The van der Waals surface area contributed by atoms with Crippen LogP contribution in [-0.2, 0) is 26.8 Å². The normalized spacial score (nSPS) is 14.4. The van der Waals surface area contributed by atoms with E-state index in [-0.39, 0.29) is 17.9 Å². The predicted molar refractivity (Wildman–Crippen MR) is 178 cm³/mol. The lowest BCUT2D eigenvalue weighted by Crippen LogP contribution is -2.35. The molecule has 0 unspecified atom stereocenters. The number of thioether (sulfide) groups is 1. The molecule has 2 aromatic carbocycles. The maximum atomic E-state index is 11.1. The number of hydrogen-bond donors (Lipinski definition) is 1. The van der Waals surface area contributed by atoms with Crippen LogP contribution in [-0.4, -0.2) is 68.5 Å². The van der Waals surface area contributed by atoms with Gasteiger partial charge < -0.3 is 14.4 Å². The van der Waals surface area contributed by atoms with E-state index in [2.05, 4.69) is 41.2 Å². The van der Waals surface area contributed by atoms with Crippen LogP contribution in [0.15, 0.2) is 52.4 Å². The van der Waals surface area contributed by atoms with Crippen molar-refractivity contribution in [3.8, 4) is 0 Å². The van der Waals surface area contributed by atoms with Crippen molar-refractivity contribution in [3.05, 3.63) is 57.5 Å². The van der Waals surface area contributed by atoms with E-state index in [9.17, 15) is 21.4 Å². The minimum atomic E-state index is -4.24. The number of aromatic nitrogens is 1. The fourth-order valence-electron chi connectivity index (χ4n) is 4.68. The molecule has 0 radical (unpaired) electrons. The Morgan fingerprint density at radius 2 is 1.65 bits per heavy atom. The molecule has 0 saturated carbocycles. The van der Waals surface area contributed by atoms with E-state index < -0.39 is 20.2 Å². The summed E-state index contributed by atoms with van der Waals surface area (Å²) in [5, 5.41) is 2.54. The quantitative estimate of drug-likeness (QED) is 0.122. The smallest absolute Gasteiger partial charge is 0.265 e. The molecule has 1 N–H and O–H groups in total. The molecule has 14 heteroatoms. The van der Waals surface area contributed by atoms with Gasteiger partial charge in [0.05, 0.1) is 32.7 Å². The molecule has 0 fully saturated rings. The first kappa shape index (κ1) is 35.8. The van der Waals surface area contributed by atoms with E-state index in [0.29, 0.717) is 37.4 Å². The second kappa shape index (κ2) is 16.6. The van der Waals surface area contributed by atoms with Gasteiger partial charge in [-0.2, -0.15) is 13.0 Å². The number of halogens is 1. The summed E-state index contributed by atoms with van der Waals surface area (Å²) >= 11 is 9.48. The van der Waals surface area contributed by atoms with E-state index in [4.69, 9.17) is 16.2 Å². The molecule has 1 aliphatic rings. The van der Waals surface area contributed by atoms with E-state index >= 15 is 0 Å². The van der Waals surface area contributed by atoms with Crippen LogP contribution in [0.1, 0.15) is 51.5 Å². The third kappa shape index (κ3) is 11.3. The highest BCUT2D eigenvalue weighted by Crippen LogP contribution is 2.48. The Bertz CT molecular complexity index is 1600. The van der Waals surface area contributed by atoms with Crippen molar-refractivity contribution in [1.82, 2.24) is 4.90 Å². The van der Waals surface area contributed by atoms with Gasteiger partial charge in [-0.1, -0.05) is 67.6 Å². The number of aryl methyl sites for hydroxylation is 1. The topological polar surface area (TPSA) is 122 Å². The molecule has 0 spiro atoms. The van der Waals surface area contributed by atoms with E-state index in [1.54, 1.807) is 23.1 Å². The summed E-state index contributed by atoms with van der Waals surface area (Å²) < 4.78 is 67.5. The van der Waals surface area contributed by atoms with Gasteiger partial charge in [-0.15, -0.1) is 0 Å². The molecule has 0 aliphatic carbocycles. The predicted octanol–water partition coefficient (Wildman–Crippen LogP) is 6.09. The fourth-order valence-corrected chi connectivity index (χ4v) is 8.28. The number of fused-ring (bicyclic) bond motifs is 2. The van der Waals surface area contributed by atoms with Gasteiger partial charge in [0, 0.05) is 34.7 Å². The minimum Gasteiger partial charge on any atom is -0.748 e. The molecular formula is C29H40ClN3O6S4. The number of para-hydroxylation sites is 1. The summed E-state index contributed by atoms with van der Waals surface area (Å²) in [6.07, 6.45) is 3.80. The van der Waals surface area contributed by atoms with Crippen molar-refractivity contribution in [1.29, 1.82) is 0 Å². The first-order chi connectivity index (χ1) is 20.3. The highest BCUT2D eigenvalue weighted by Gasteiger charge is 2.28. The van der Waals surface area contributed by atoms with Crippen molar-refractivity contribution in [2.24, 2.45) is 0 Å². The Labute approximate surface area is 269 Å². The monoisotopic (exact) mass is 689 g/mol. The molecule has 0 saturated heterocycles. The van der Waals surface area contributed by atoms with Crippen LogP contribution in [0.25, 0.3) is 16.3 Å². The third-order valence-corrected chi connectivity index (χ3v) is 11.0. The number of nitrogens with zero attached hydrogens (tertiary/aromatic N) is 3. The molecule has 1 aromatic heterocycles. The molecule has 4 rings (SSSR count). The van der Waals surface area contributed by atoms with Crippen LogP contribution < -0.4 is 9.47 Å². The summed E-state index contributed by atoms with van der Waals surface area (Å²) in [6.45, 7) is 11.2. The van der Waals surface area contributed by atoms with Gasteiger partial charge in [-0.25, -0.2) is 8.42 Å². The molecule has 0 amide bonds. The van der Waals surface area contributed by atoms with E-state index in [1.807, 2.05) is 42.5 Å². The number of hydrogen-bond acceptors (Lipinski definition) is 9. The van der Waals surface area contributed by atoms with Crippen molar-refractivity contribution >= 4 is 76.9 Å². The SMILES string of the molecule is CCN(CC)CC.O=S(=O)([O-])CCCC[n+]1c(C=C2Sc3ccc(Cl)cc3N2CCCCS(=O)(=O)O)sc2ccccc21. The summed E-state index contributed by atoms with van der Waals surface area (Å²) in [4.78, 5) is 5.52. The van der Waals surface area contributed by atoms with Crippen molar-refractivity contribution in [2.45, 2.75) is 57.9 Å². The first-order valence-corrected chi connectivity index (χ1v) is 19.5. The van der Waals surface area contributed by atoms with Crippen LogP contribution in [0, 0.1) is 0 Å². The lowest BCUT2D eigenvalue weighted by Gasteiger charge is -2.20. The van der Waals surface area contributed by atoms with Crippen molar-refractivity contribution in [2.75, 3.05) is 42.6 Å². The number of rotatable bonds is 14. The molecule has 2 heterocycles. The lowest BCUT2D eigenvalue weighted by atomic mass is 10.2. The zero-order chi connectivity index (χ0) is 31.6. The van der Waals surface area contributed by atoms with E-state index in [1.165, 1.54) is 19.6 Å². The van der Waals surface area contributed by atoms with Crippen LogP contribution in [0.5, 0.6) is 0 Å². The molecule has 1 aliphatic heterocycles. The Hall–Kier alpha value is -1.71. The summed E-state index contributed by atoms with van der Waals surface area (Å²) in [5.74, 6) is -0.667. The van der Waals surface area contributed by atoms with Crippen LogP contribution in [0.4, 0.5) is 5.69 Å². The first-order valence-electron chi connectivity index (χ1n) is 14.3. The maximum absolute atomic E-state index is 11.1. The van der Waals surface area contributed by atoms with Gasteiger partial charge in [0.2, 0.25) is 5.52 Å². The van der Waals surface area contributed by atoms with Crippen LogP contribution >= 0.6 is 34.7 Å². The molecule has 9 nitrogen and oxygen atoms in total. The molecule has 3 aromatic rings. The van der Waals surface area contributed by atoms with Crippen LogP contribution in [0.2, 0.25) is 5.02 Å². The van der Waals surface area contributed by atoms with Crippen LogP contribution in [0.3, 0.4) is 0 Å². The standard InChI is InChI=1S/C23H25ClN2O6S4.C6H15N/c24-17-9-10-21-19(15-17)26(12-4-6-14-36(30,31)32)23(34-21)16-22-25(11-3-5-13-35(27,28)29)18-7-1-2-8-20(18)33-22;1-4-7(5-2)6-3/h1-2,7-10,15-16H,3-6,11-14H2,(H-,27,28,29,30,31,32);4-6H2,1-3H3. The number of unbranched alkanes of at least 4 members (excludes halogenated alkanes) is 2. The van der Waals surface area contributed by atoms with Gasteiger partial charge >= 0.3 is 0 Å². The second-order valence-corrected chi connectivity index (χ2v) is 15.6. The van der Waals surface area contributed by atoms with Gasteiger partial charge in [-0.3, -0.25) is 4.55 Å². The Morgan fingerprint density at radius 3 is 2.28 bits per heavy atom. The zero-order valence-corrected chi connectivity index (χ0v) is 28.8. The third-order valence-electron chi connectivity index (χ3n) is 6.98. The highest BCUT2D eigenvalue weighted by atomic mass is 35.5. The molecule has 0 atom stereocenters. The van der Waals surface area contributed by atoms with Gasteiger partial charge in [0.15, 0.2) is 6.54 Å². The summed E-state index contributed by atoms with van der Waals surface area (Å²) in [7, 11) is -8.25. The number of thiazole rings is 1. The van der Waals surface area contributed by atoms with Crippen molar-refractivity contribution in [3.63, 3.8) is 0 Å². The summed E-state index contributed by atoms with van der Waals surface area (Å²) in [6, 6.07) is 13.6. The Balaban J connectivity index is 0.000000646. The highest BCUT2D eigenvalue weighted by molar-refractivity contribution is 8.04. The summed E-state index contributed by atoms with van der Waals surface area (Å²) in [5.41, 5.74) is 1.97. The zero-order valence-electron chi connectivity index (χ0n) is 24.7.